The number of benzene rings is 1. The van der Waals surface area contributed by atoms with Gasteiger partial charge in [0, 0.05) is 5.41 Å². The molecule has 96 valence electrons. The molecule has 3 atom stereocenters. The Balaban J connectivity index is 2.12. The zero-order chi connectivity index (χ0) is 12.8. The van der Waals surface area contributed by atoms with E-state index in [-0.39, 0.29) is 12.1 Å². The van der Waals surface area contributed by atoms with E-state index in [2.05, 4.69) is 44.2 Å². The normalized spacial score (nSPS) is 35.1. The summed E-state index contributed by atoms with van der Waals surface area (Å²) in [4.78, 5) is 0. The van der Waals surface area contributed by atoms with Gasteiger partial charge in [-0.05, 0) is 42.7 Å². The van der Waals surface area contributed by atoms with E-state index >= 15 is 0 Å². The Morgan fingerprint density at radius 1 is 1.22 bits per heavy atom. The van der Waals surface area contributed by atoms with Gasteiger partial charge in [0.05, 0.1) is 6.67 Å². The first kappa shape index (κ1) is 12.0. The summed E-state index contributed by atoms with van der Waals surface area (Å²) in [6.07, 6.45) is 3.69. The minimum absolute atomic E-state index is 0.212. The van der Waals surface area contributed by atoms with Crippen molar-refractivity contribution in [3.63, 3.8) is 0 Å². The number of allylic oxidation sites excluding steroid dienone is 2. The Morgan fingerprint density at radius 2 is 1.94 bits per heavy atom. The second kappa shape index (κ2) is 4.22. The zero-order valence-electron chi connectivity index (χ0n) is 11.2. The summed E-state index contributed by atoms with van der Waals surface area (Å²) in [5, 5.41) is 0. The molecule has 3 rings (SSSR count). The first-order chi connectivity index (χ1) is 8.68. The van der Waals surface area contributed by atoms with Crippen LogP contribution >= 0.6 is 0 Å². The molecular weight excluding hydrogens is 223 g/mol. The van der Waals surface area contributed by atoms with Crippen LogP contribution < -0.4 is 0 Å². The third-order valence-corrected chi connectivity index (χ3v) is 5.33. The molecular formula is C17H21F. The van der Waals surface area contributed by atoms with E-state index in [4.69, 9.17) is 0 Å². The van der Waals surface area contributed by atoms with Crippen LogP contribution in [0.5, 0.6) is 0 Å². The van der Waals surface area contributed by atoms with Crippen molar-refractivity contribution in [1.29, 1.82) is 0 Å². The van der Waals surface area contributed by atoms with Gasteiger partial charge in [0.15, 0.2) is 0 Å². The Bertz CT molecular complexity index is 474. The molecule has 0 nitrogen and oxygen atoms in total. The van der Waals surface area contributed by atoms with E-state index < -0.39 is 0 Å². The molecule has 0 amide bonds. The van der Waals surface area contributed by atoms with Crippen LogP contribution in [0.25, 0.3) is 5.57 Å². The van der Waals surface area contributed by atoms with Gasteiger partial charge in [0.1, 0.15) is 0 Å². The lowest BCUT2D eigenvalue weighted by Crippen LogP contribution is -2.27. The Labute approximate surface area is 109 Å². The highest BCUT2D eigenvalue weighted by Gasteiger charge is 2.51. The van der Waals surface area contributed by atoms with Gasteiger partial charge >= 0.3 is 0 Å². The number of halogens is 1. The van der Waals surface area contributed by atoms with Gasteiger partial charge in [-0.3, -0.25) is 4.39 Å². The zero-order valence-corrected chi connectivity index (χ0v) is 11.2. The molecule has 1 aromatic carbocycles. The van der Waals surface area contributed by atoms with E-state index in [0.29, 0.717) is 11.8 Å². The minimum Gasteiger partial charge on any atom is -0.250 e. The summed E-state index contributed by atoms with van der Waals surface area (Å²) in [6, 6.07) is 10.6. The van der Waals surface area contributed by atoms with Crippen molar-refractivity contribution in [2.45, 2.75) is 33.1 Å². The Kier molecular flexibility index (Phi) is 2.80. The van der Waals surface area contributed by atoms with Crippen LogP contribution in [0.1, 0.15) is 38.7 Å². The molecule has 0 aromatic heterocycles. The summed E-state index contributed by atoms with van der Waals surface area (Å²) in [5.74, 6) is 1.12. The molecule has 1 aromatic rings. The van der Waals surface area contributed by atoms with Crippen molar-refractivity contribution < 1.29 is 4.39 Å². The summed E-state index contributed by atoms with van der Waals surface area (Å²) in [7, 11) is 0. The van der Waals surface area contributed by atoms with Crippen molar-refractivity contribution in [2.24, 2.45) is 17.3 Å². The monoisotopic (exact) mass is 244 g/mol. The summed E-state index contributed by atoms with van der Waals surface area (Å²) in [5.41, 5.74) is 3.83. The summed E-state index contributed by atoms with van der Waals surface area (Å²) >= 11 is 0. The highest BCUT2D eigenvalue weighted by molar-refractivity contribution is 5.74. The van der Waals surface area contributed by atoms with E-state index in [0.717, 1.165) is 0 Å². The number of fused-ring (bicyclic) bond motifs is 1. The topological polar surface area (TPSA) is 0 Å². The third-order valence-electron chi connectivity index (χ3n) is 5.33. The number of hydrogen-bond acceptors (Lipinski definition) is 0. The molecule has 2 aliphatic rings. The molecule has 1 fully saturated rings. The van der Waals surface area contributed by atoms with Crippen LogP contribution in [-0.2, 0) is 0 Å². The van der Waals surface area contributed by atoms with Crippen molar-refractivity contribution in [3.05, 3.63) is 41.5 Å². The highest BCUT2D eigenvalue weighted by atomic mass is 19.1. The first-order valence-electron chi connectivity index (χ1n) is 7.01. The second-order valence-electron chi connectivity index (χ2n) is 6.10. The fraction of sp³-hybridized carbons (Fsp3) is 0.529. The average Bonchev–Trinajstić information content (AvgIpc) is 2.95. The third kappa shape index (κ3) is 1.49. The number of alkyl halides is 1. The molecule has 0 heterocycles. The Morgan fingerprint density at radius 3 is 2.61 bits per heavy atom. The quantitative estimate of drug-likeness (QED) is 0.696. The molecule has 0 N–H and O–H groups in total. The van der Waals surface area contributed by atoms with Gasteiger partial charge in [-0.2, -0.15) is 0 Å². The highest BCUT2D eigenvalue weighted by Crippen LogP contribution is 2.60. The second-order valence-corrected chi connectivity index (χ2v) is 6.10. The van der Waals surface area contributed by atoms with Gasteiger partial charge in [-0.15, -0.1) is 0 Å². The van der Waals surface area contributed by atoms with Crippen LogP contribution in [0, 0.1) is 17.3 Å². The van der Waals surface area contributed by atoms with Crippen molar-refractivity contribution in [2.75, 3.05) is 6.67 Å². The fourth-order valence-corrected chi connectivity index (χ4v) is 4.18. The van der Waals surface area contributed by atoms with Gasteiger partial charge in [0.25, 0.3) is 0 Å². The molecule has 0 saturated heterocycles. The van der Waals surface area contributed by atoms with Gasteiger partial charge in [-0.25, -0.2) is 0 Å². The number of rotatable bonds is 2. The van der Waals surface area contributed by atoms with Crippen molar-refractivity contribution in [1.82, 2.24) is 0 Å². The molecule has 1 heteroatoms. The lowest BCUT2D eigenvalue weighted by molar-refractivity contribution is 0.180. The largest absolute Gasteiger partial charge is 0.250 e. The van der Waals surface area contributed by atoms with Crippen LogP contribution in [0.2, 0.25) is 0 Å². The standard InChI is InChI=1S/C17H21F/c1-12-16(13-7-4-3-5-8-13)14-9-6-10-15(14)17(12,2)11-18/h3-5,7-8,14-15H,6,9-11H2,1-2H3/t14-,15+,17-/m1/s1. The predicted molar refractivity (Wildman–Crippen MR) is 73.9 cm³/mol. The molecule has 0 unspecified atom stereocenters. The summed E-state index contributed by atoms with van der Waals surface area (Å²) in [6.45, 7) is 4.07. The van der Waals surface area contributed by atoms with Crippen LogP contribution in [0.15, 0.2) is 35.9 Å². The van der Waals surface area contributed by atoms with Crippen LogP contribution in [0.4, 0.5) is 4.39 Å². The molecule has 0 radical (unpaired) electrons. The molecule has 1 saturated carbocycles. The average molecular weight is 244 g/mol. The maximum atomic E-state index is 13.6. The lowest BCUT2D eigenvalue weighted by Gasteiger charge is -2.30. The van der Waals surface area contributed by atoms with Crippen LogP contribution in [0.3, 0.4) is 0 Å². The lowest BCUT2D eigenvalue weighted by atomic mass is 9.75. The smallest absolute Gasteiger partial charge is 0.0988 e. The number of hydrogen-bond donors (Lipinski definition) is 0. The first-order valence-corrected chi connectivity index (χ1v) is 7.01. The predicted octanol–water partition coefficient (Wildman–Crippen LogP) is 4.87. The van der Waals surface area contributed by atoms with Crippen LogP contribution in [-0.4, -0.2) is 6.67 Å². The Hall–Kier alpha value is -1.11. The maximum absolute atomic E-state index is 13.6. The van der Waals surface area contributed by atoms with Crippen molar-refractivity contribution in [3.8, 4) is 0 Å². The summed E-state index contributed by atoms with van der Waals surface area (Å²) < 4.78 is 13.6. The van der Waals surface area contributed by atoms with Crippen molar-refractivity contribution >= 4 is 5.57 Å². The van der Waals surface area contributed by atoms with E-state index in [1.807, 2.05) is 0 Å². The molecule has 0 bridgehead atoms. The van der Waals surface area contributed by atoms with Gasteiger partial charge < -0.3 is 0 Å². The molecule has 0 spiro atoms. The minimum atomic E-state index is -0.216. The van der Waals surface area contributed by atoms with E-state index in [1.54, 1.807) is 0 Å². The van der Waals surface area contributed by atoms with Gasteiger partial charge in [-0.1, -0.05) is 49.2 Å². The van der Waals surface area contributed by atoms with Gasteiger partial charge in [0.2, 0.25) is 0 Å². The molecule has 0 aliphatic heterocycles. The van der Waals surface area contributed by atoms with E-state index in [1.165, 1.54) is 36.0 Å². The SMILES string of the molecule is CC1=C(c2ccccc2)[C@@H]2CCC[C@@H]2[C@]1(C)CF. The van der Waals surface area contributed by atoms with E-state index in [9.17, 15) is 4.39 Å². The molecule has 18 heavy (non-hydrogen) atoms. The molecule has 2 aliphatic carbocycles. The fourth-order valence-electron chi connectivity index (χ4n) is 4.18. The maximum Gasteiger partial charge on any atom is 0.0988 e.